The molecule has 0 spiro atoms. The Morgan fingerprint density at radius 3 is 1.69 bits per heavy atom. The second-order valence-corrected chi connectivity index (χ2v) is 4.66. The fraction of sp³-hybridized carbons (Fsp3) is 0.667. The fourth-order valence-corrected chi connectivity index (χ4v) is 2.53. The molecule has 2 N–H and O–H groups in total. The Bertz CT molecular complexity index is 273. The average molecular weight is 226 g/mol. The summed E-state index contributed by atoms with van der Waals surface area (Å²) in [5, 5.41) is 20.6. The van der Waals surface area contributed by atoms with E-state index in [0.717, 1.165) is 0 Å². The number of rotatable bonds is 4. The van der Waals surface area contributed by atoms with E-state index in [1.807, 2.05) is 0 Å². The van der Waals surface area contributed by atoms with Gasteiger partial charge in [-0.1, -0.05) is 12.2 Å². The minimum Gasteiger partial charge on any atom is -0.384 e. The Hall–Kier alpha value is -0.680. The van der Waals surface area contributed by atoms with Crippen molar-refractivity contribution in [2.24, 2.45) is 0 Å². The lowest BCUT2D eigenvalue weighted by Crippen LogP contribution is -2.46. The lowest BCUT2D eigenvalue weighted by atomic mass is 9.86. The molecule has 2 aliphatic rings. The predicted molar refractivity (Wildman–Crippen MR) is 59.0 cm³/mol. The van der Waals surface area contributed by atoms with Crippen molar-refractivity contribution in [3.05, 3.63) is 25.3 Å². The van der Waals surface area contributed by atoms with Gasteiger partial charge < -0.3 is 19.7 Å². The molecule has 0 unspecified atom stereocenters. The zero-order valence-corrected chi connectivity index (χ0v) is 9.26. The summed E-state index contributed by atoms with van der Waals surface area (Å²) >= 11 is 0. The maximum Gasteiger partial charge on any atom is 0.120 e. The van der Waals surface area contributed by atoms with Gasteiger partial charge in [0.1, 0.15) is 23.4 Å². The maximum atomic E-state index is 10.3. The summed E-state index contributed by atoms with van der Waals surface area (Å²) in [4.78, 5) is 0. The largest absolute Gasteiger partial charge is 0.384 e. The van der Waals surface area contributed by atoms with Gasteiger partial charge in [-0.25, -0.2) is 0 Å². The van der Waals surface area contributed by atoms with E-state index >= 15 is 0 Å². The van der Waals surface area contributed by atoms with Crippen molar-refractivity contribution in [3.63, 3.8) is 0 Å². The first-order chi connectivity index (χ1) is 7.56. The summed E-state index contributed by atoms with van der Waals surface area (Å²) < 4.78 is 11.0. The molecule has 2 rings (SSSR count). The van der Waals surface area contributed by atoms with E-state index in [1.165, 1.54) is 0 Å². The molecule has 0 aromatic carbocycles. The van der Waals surface area contributed by atoms with E-state index in [9.17, 15) is 10.2 Å². The van der Waals surface area contributed by atoms with Crippen LogP contribution in [0.5, 0.6) is 0 Å². The molecule has 0 amide bonds. The molecule has 2 heterocycles. The Morgan fingerprint density at radius 1 is 1.00 bits per heavy atom. The van der Waals surface area contributed by atoms with Crippen molar-refractivity contribution in [3.8, 4) is 0 Å². The summed E-state index contributed by atoms with van der Waals surface area (Å²) in [5.41, 5.74) is -2.11. The molecule has 4 atom stereocenters. The van der Waals surface area contributed by atoms with E-state index in [4.69, 9.17) is 9.47 Å². The van der Waals surface area contributed by atoms with Crippen LogP contribution in [-0.2, 0) is 9.47 Å². The highest BCUT2D eigenvalue weighted by atomic mass is 16.6. The third kappa shape index (κ3) is 1.62. The molecule has 4 heteroatoms. The van der Waals surface area contributed by atoms with Crippen LogP contribution in [0.2, 0.25) is 0 Å². The molecule has 4 nitrogen and oxygen atoms in total. The van der Waals surface area contributed by atoms with E-state index in [1.54, 1.807) is 12.2 Å². The number of hydrogen-bond donors (Lipinski definition) is 2. The third-order valence-corrected chi connectivity index (χ3v) is 3.36. The molecule has 90 valence electrons. The Labute approximate surface area is 95.2 Å². The van der Waals surface area contributed by atoms with Crippen molar-refractivity contribution in [2.75, 3.05) is 13.2 Å². The van der Waals surface area contributed by atoms with Crippen LogP contribution in [0.15, 0.2) is 25.3 Å². The minimum absolute atomic E-state index is 0.174. The van der Waals surface area contributed by atoms with Crippen molar-refractivity contribution >= 4 is 0 Å². The minimum atomic E-state index is -1.06. The first-order valence-electron chi connectivity index (χ1n) is 5.45. The molecule has 0 radical (unpaired) electrons. The fourth-order valence-electron chi connectivity index (χ4n) is 2.53. The molecular weight excluding hydrogens is 208 g/mol. The summed E-state index contributed by atoms with van der Waals surface area (Å²) in [6.07, 6.45) is 3.13. The summed E-state index contributed by atoms with van der Waals surface area (Å²) in [6, 6.07) is 0. The van der Waals surface area contributed by atoms with Crippen LogP contribution in [0, 0.1) is 0 Å². The van der Waals surface area contributed by atoms with Crippen molar-refractivity contribution < 1.29 is 19.7 Å². The van der Waals surface area contributed by atoms with Crippen molar-refractivity contribution in [2.45, 2.75) is 36.3 Å². The second-order valence-electron chi connectivity index (χ2n) is 4.66. The van der Waals surface area contributed by atoms with Crippen molar-refractivity contribution in [1.29, 1.82) is 0 Å². The van der Waals surface area contributed by atoms with Gasteiger partial charge in [-0.05, 0) is 12.8 Å². The Balaban J connectivity index is 2.17. The molecule has 0 saturated carbocycles. The highest BCUT2D eigenvalue weighted by molar-refractivity contribution is 5.12. The van der Waals surface area contributed by atoms with Crippen LogP contribution < -0.4 is 0 Å². The molecule has 2 aliphatic heterocycles. The molecular formula is C12H18O4. The summed E-state index contributed by atoms with van der Waals surface area (Å²) in [7, 11) is 0. The monoisotopic (exact) mass is 226 g/mol. The highest BCUT2D eigenvalue weighted by Gasteiger charge is 2.60. The van der Waals surface area contributed by atoms with Gasteiger partial charge in [-0.3, -0.25) is 0 Å². The van der Waals surface area contributed by atoms with E-state index in [2.05, 4.69) is 13.2 Å². The van der Waals surface area contributed by atoms with Gasteiger partial charge in [-0.2, -0.15) is 0 Å². The van der Waals surface area contributed by atoms with Crippen molar-refractivity contribution in [1.82, 2.24) is 0 Å². The molecule has 0 aromatic rings. The molecule has 2 saturated heterocycles. The van der Waals surface area contributed by atoms with E-state index < -0.39 is 23.4 Å². The van der Waals surface area contributed by atoms with Gasteiger partial charge in [-0.15, -0.1) is 13.2 Å². The zero-order chi connectivity index (χ0) is 11.8. The van der Waals surface area contributed by atoms with Crippen LogP contribution in [-0.4, -0.2) is 46.8 Å². The first-order valence-corrected chi connectivity index (χ1v) is 5.45. The van der Waals surface area contributed by atoms with Gasteiger partial charge in [0, 0.05) is 0 Å². The van der Waals surface area contributed by atoms with Gasteiger partial charge in [0.15, 0.2) is 0 Å². The summed E-state index contributed by atoms with van der Waals surface area (Å²) in [6.45, 7) is 7.56. The van der Waals surface area contributed by atoms with Crippen LogP contribution in [0.3, 0.4) is 0 Å². The normalized spacial score (nSPS) is 46.6. The molecule has 2 fully saturated rings. The number of fused-ring (bicyclic) bond motifs is 1. The highest BCUT2D eigenvalue weighted by Crippen LogP contribution is 2.42. The standard InChI is InChI=1S/C12H18O4/c1-3-5-11(13)7-15-10-9(11)16-8-12(10,14)6-4-2/h3-4,9-10,13-14H,1-2,5-8H2/t9-,10-,11-,12+/m0/s1. The van der Waals surface area contributed by atoms with Crippen LogP contribution in [0.25, 0.3) is 0 Å². The topological polar surface area (TPSA) is 58.9 Å². The van der Waals surface area contributed by atoms with Gasteiger partial charge in [0.05, 0.1) is 13.2 Å². The zero-order valence-electron chi connectivity index (χ0n) is 9.26. The lowest BCUT2D eigenvalue weighted by molar-refractivity contribution is -0.0869. The molecule has 16 heavy (non-hydrogen) atoms. The molecule has 0 bridgehead atoms. The average Bonchev–Trinajstić information content (AvgIpc) is 2.70. The maximum absolute atomic E-state index is 10.3. The third-order valence-electron chi connectivity index (χ3n) is 3.36. The number of aliphatic hydroxyl groups is 2. The number of hydrogen-bond acceptors (Lipinski definition) is 4. The van der Waals surface area contributed by atoms with E-state index in [0.29, 0.717) is 12.8 Å². The Kier molecular flexibility index (Phi) is 2.92. The lowest BCUT2D eigenvalue weighted by Gasteiger charge is -2.26. The Morgan fingerprint density at radius 2 is 1.38 bits per heavy atom. The summed E-state index contributed by atoms with van der Waals surface area (Å²) in [5.74, 6) is 0. The second kappa shape index (κ2) is 3.96. The quantitative estimate of drug-likeness (QED) is 0.681. The smallest absolute Gasteiger partial charge is 0.120 e. The first kappa shape index (κ1) is 11.8. The van der Waals surface area contributed by atoms with Crippen LogP contribution >= 0.6 is 0 Å². The van der Waals surface area contributed by atoms with Gasteiger partial charge in [0.2, 0.25) is 0 Å². The molecule has 0 aliphatic carbocycles. The predicted octanol–water partition coefficient (Wildman–Crippen LogP) is 0.398. The number of ether oxygens (including phenoxy) is 2. The van der Waals surface area contributed by atoms with Gasteiger partial charge in [0.25, 0.3) is 0 Å². The molecule has 0 aromatic heterocycles. The SMILES string of the molecule is C=CC[C@@]1(O)CO[C@H]2[C@@H]1OC[C@@]2(O)CC=C. The van der Waals surface area contributed by atoms with Crippen LogP contribution in [0.1, 0.15) is 12.8 Å². The van der Waals surface area contributed by atoms with Gasteiger partial charge >= 0.3 is 0 Å². The van der Waals surface area contributed by atoms with Crippen LogP contribution in [0.4, 0.5) is 0 Å². The van der Waals surface area contributed by atoms with E-state index in [-0.39, 0.29) is 13.2 Å².